The van der Waals surface area contributed by atoms with E-state index in [1.165, 1.54) is 0 Å². The number of carbonyl (C=O) groups excluding carboxylic acids is 2. The quantitative estimate of drug-likeness (QED) is 0.627. The Balaban J connectivity index is 1.82. The van der Waals surface area contributed by atoms with Crippen molar-refractivity contribution in [3.63, 3.8) is 0 Å². The van der Waals surface area contributed by atoms with Crippen molar-refractivity contribution >= 4 is 29.3 Å². The van der Waals surface area contributed by atoms with Crippen LogP contribution >= 0.6 is 11.8 Å². The number of rotatable bonds is 5. The zero-order chi connectivity index (χ0) is 24.2. The van der Waals surface area contributed by atoms with Crippen molar-refractivity contribution in [1.82, 2.24) is 5.32 Å². The van der Waals surface area contributed by atoms with Crippen molar-refractivity contribution in [2.45, 2.75) is 59.8 Å². The highest BCUT2D eigenvalue weighted by Gasteiger charge is 2.53. The van der Waals surface area contributed by atoms with Gasteiger partial charge in [-0.1, -0.05) is 57.7 Å². The fourth-order valence-electron chi connectivity index (χ4n) is 5.13. The molecule has 2 aliphatic rings. The largest absolute Gasteiger partial charge is 0.325 e. The summed E-state index contributed by atoms with van der Waals surface area (Å²) in [5, 5.41) is 26.0. The molecule has 2 amide bonds. The van der Waals surface area contributed by atoms with E-state index in [2.05, 4.69) is 43.5 Å². The summed E-state index contributed by atoms with van der Waals surface area (Å²) in [4.78, 5) is 25.5. The van der Waals surface area contributed by atoms with Crippen LogP contribution in [0.3, 0.4) is 0 Å². The highest BCUT2D eigenvalue weighted by Crippen LogP contribution is 2.55. The van der Waals surface area contributed by atoms with Gasteiger partial charge in [0, 0.05) is 11.1 Å². The van der Waals surface area contributed by atoms with E-state index in [1.54, 1.807) is 0 Å². The molecule has 1 fully saturated rings. The third-order valence-electron chi connectivity index (χ3n) is 7.14. The van der Waals surface area contributed by atoms with Gasteiger partial charge in [0.25, 0.3) is 0 Å². The van der Waals surface area contributed by atoms with Crippen LogP contribution in [0.4, 0.5) is 5.69 Å². The van der Waals surface area contributed by atoms with Crippen LogP contribution in [0.2, 0.25) is 0 Å². The van der Waals surface area contributed by atoms with Crippen LogP contribution in [0.25, 0.3) is 0 Å². The van der Waals surface area contributed by atoms with E-state index in [1.807, 2.05) is 31.2 Å². The van der Waals surface area contributed by atoms with Gasteiger partial charge in [0.2, 0.25) is 11.8 Å². The summed E-state index contributed by atoms with van der Waals surface area (Å²) < 4.78 is 0. The Morgan fingerprint density at radius 1 is 1.24 bits per heavy atom. The molecule has 1 aliphatic carbocycles. The van der Waals surface area contributed by atoms with Crippen molar-refractivity contribution < 1.29 is 9.59 Å². The molecule has 1 spiro atoms. The SMILES string of the molecule is CCc1ccccc1NC(=O)CSC1=C(C#N)C2(CCC(C(C)(C)C)CC2)[C@@H](C#N)C(=O)N1. The summed E-state index contributed by atoms with van der Waals surface area (Å²) in [6.45, 7) is 8.66. The first-order valence-electron chi connectivity index (χ1n) is 11.5. The maximum Gasteiger partial charge on any atom is 0.243 e. The molecule has 1 aromatic rings. The first-order chi connectivity index (χ1) is 15.7. The topological polar surface area (TPSA) is 106 Å². The number of nitrogens with one attached hydrogen (secondary N) is 2. The molecule has 1 aliphatic heterocycles. The Bertz CT molecular complexity index is 1030. The Morgan fingerprint density at radius 2 is 1.91 bits per heavy atom. The summed E-state index contributed by atoms with van der Waals surface area (Å²) >= 11 is 1.16. The molecule has 0 radical (unpaired) electrons. The summed E-state index contributed by atoms with van der Waals surface area (Å²) in [6.07, 6.45) is 3.79. The number of hydrogen-bond acceptors (Lipinski definition) is 5. The minimum absolute atomic E-state index is 0.0662. The van der Waals surface area contributed by atoms with Crippen LogP contribution in [0.5, 0.6) is 0 Å². The maximum absolute atomic E-state index is 12.9. The van der Waals surface area contributed by atoms with Gasteiger partial charge in [-0.05, 0) is 55.1 Å². The van der Waals surface area contributed by atoms with Crippen LogP contribution in [-0.4, -0.2) is 17.6 Å². The molecule has 0 bridgehead atoms. The molecule has 1 heterocycles. The Labute approximate surface area is 200 Å². The van der Waals surface area contributed by atoms with Crippen LogP contribution < -0.4 is 10.6 Å². The number of allylic oxidation sites excluding steroid dienone is 1. The number of anilines is 1. The van der Waals surface area contributed by atoms with Gasteiger partial charge < -0.3 is 10.6 Å². The fraction of sp³-hybridized carbons (Fsp3) is 0.538. The molecule has 3 rings (SSSR count). The number of benzene rings is 1. The van der Waals surface area contributed by atoms with Gasteiger partial charge in [0.05, 0.1) is 28.5 Å². The molecular formula is C26H32N4O2S. The van der Waals surface area contributed by atoms with E-state index in [0.29, 0.717) is 29.4 Å². The second-order valence-corrected chi connectivity index (χ2v) is 11.0. The van der Waals surface area contributed by atoms with Gasteiger partial charge >= 0.3 is 0 Å². The number of nitriles is 2. The molecule has 6 nitrogen and oxygen atoms in total. The molecule has 7 heteroatoms. The number of nitrogens with zero attached hydrogens (tertiary/aromatic N) is 2. The maximum atomic E-state index is 12.9. The molecule has 1 saturated carbocycles. The average Bonchev–Trinajstić information content (AvgIpc) is 2.78. The standard InChI is InChI=1S/C26H32N4O2S/c1-5-17-8-6-7-9-21(17)29-22(31)16-33-24-20(15-28)26(19(14-27)23(32)30-24)12-10-18(11-13-26)25(2,3)4/h6-9,18-19H,5,10-13,16H2,1-4H3,(H,29,31)(H,30,32)/t18?,19-,26?/m0/s1. The lowest BCUT2D eigenvalue weighted by Gasteiger charge is -2.47. The minimum Gasteiger partial charge on any atom is -0.325 e. The van der Waals surface area contributed by atoms with E-state index in [0.717, 1.165) is 42.3 Å². The highest BCUT2D eigenvalue weighted by atomic mass is 32.2. The van der Waals surface area contributed by atoms with Crippen molar-refractivity contribution in [3.8, 4) is 12.1 Å². The number of thioether (sulfide) groups is 1. The first-order valence-corrected chi connectivity index (χ1v) is 12.5. The summed E-state index contributed by atoms with van der Waals surface area (Å²) in [7, 11) is 0. The van der Waals surface area contributed by atoms with Gasteiger partial charge in [0.1, 0.15) is 5.92 Å². The lowest BCUT2D eigenvalue weighted by atomic mass is 9.56. The average molecular weight is 465 g/mol. The predicted molar refractivity (Wildman–Crippen MR) is 131 cm³/mol. The third-order valence-corrected chi connectivity index (χ3v) is 8.14. The molecule has 0 unspecified atom stereocenters. The lowest BCUT2D eigenvalue weighted by molar-refractivity contribution is -0.127. The molecular weight excluding hydrogens is 432 g/mol. The van der Waals surface area contributed by atoms with Gasteiger partial charge in [-0.3, -0.25) is 9.59 Å². The fourth-order valence-corrected chi connectivity index (χ4v) is 6.05. The van der Waals surface area contributed by atoms with Crippen LogP contribution in [0, 0.1) is 45.3 Å². The van der Waals surface area contributed by atoms with E-state index in [4.69, 9.17) is 0 Å². The monoisotopic (exact) mass is 464 g/mol. The molecule has 1 atom stereocenters. The molecule has 0 aromatic heterocycles. The second-order valence-electron chi connectivity index (χ2n) is 10.0. The van der Waals surface area contributed by atoms with Gasteiger partial charge in [-0.25, -0.2) is 0 Å². The van der Waals surface area contributed by atoms with E-state index >= 15 is 0 Å². The second kappa shape index (κ2) is 10.0. The number of amides is 2. The van der Waals surface area contributed by atoms with Crippen LogP contribution in [0.1, 0.15) is 58.9 Å². The summed E-state index contributed by atoms with van der Waals surface area (Å²) in [5.41, 5.74) is 1.63. The number of carbonyl (C=O) groups is 2. The van der Waals surface area contributed by atoms with Gasteiger partial charge in [-0.15, -0.1) is 0 Å². The Hall–Kier alpha value is -2.77. The van der Waals surface area contributed by atoms with Crippen molar-refractivity contribution in [2.75, 3.05) is 11.1 Å². The van der Waals surface area contributed by atoms with Crippen LogP contribution in [-0.2, 0) is 16.0 Å². The first kappa shape index (κ1) is 24.9. The van der Waals surface area contributed by atoms with Crippen molar-refractivity contribution in [1.29, 1.82) is 10.5 Å². The molecule has 33 heavy (non-hydrogen) atoms. The lowest BCUT2D eigenvalue weighted by Crippen LogP contribution is -2.50. The Morgan fingerprint density at radius 3 is 2.48 bits per heavy atom. The molecule has 174 valence electrons. The normalized spacial score (nSPS) is 25.2. The predicted octanol–water partition coefficient (Wildman–Crippen LogP) is 5.15. The smallest absolute Gasteiger partial charge is 0.243 e. The number of para-hydroxylation sites is 1. The number of hydrogen-bond donors (Lipinski definition) is 2. The molecule has 2 N–H and O–H groups in total. The zero-order valence-corrected chi connectivity index (χ0v) is 20.6. The van der Waals surface area contributed by atoms with Gasteiger partial charge in [-0.2, -0.15) is 10.5 Å². The van der Waals surface area contributed by atoms with Gasteiger partial charge in [0.15, 0.2) is 0 Å². The van der Waals surface area contributed by atoms with Crippen LogP contribution in [0.15, 0.2) is 34.9 Å². The summed E-state index contributed by atoms with van der Waals surface area (Å²) in [5.74, 6) is -0.912. The van der Waals surface area contributed by atoms with Crippen molar-refractivity contribution in [2.24, 2.45) is 22.7 Å². The zero-order valence-electron chi connectivity index (χ0n) is 19.8. The minimum atomic E-state index is -0.886. The van der Waals surface area contributed by atoms with E-state index in [9.17, 15) is 20.1 Å². The number of aryl methyl sites for hydroxylation is 1. The van der Waals surface area contributed by atoms with E-state index in [-0.39, 0.29) is 23.0 Å². The molecule has 1 aromatic carbocycles. The van der Waals surface area contributed by atoms with E-state index < -0.39 is 11.3 Å². The molecule has 0 saturated heterocycles. The van der Waals surface area contributed by atoms with Crippen molar-refractivity contribution in [3.05, 3.63) is 40.4 Å². The Kier molecular flexibility index (Phi) is 7.55. The summed E-state index contributed by atoms with van der Waals surface area (Å²) in [6, 6.07) is 12.1. The highest BCUT2D eigenvalue weighted by molar-refractivity contribution is 8.03. The third kappa shape index (κ3) is 5.09.